The number of rotatable bonds is 1. The van der Waals surface area contributed by atoms with Crippen LogP contribution in [0, 0.1) is 0 Å². The molecule has 0 aliphatic carbocycles. The second-order valence-corrected chi connectivity index (χ2v) is 2.42. The van der Waals surface area contributed by atoms with Crippen LogP contribution in [0.4, 0.5) is 0 Å². The Balaban J connectivity index is 2.50. The van der Waals surface area contributed by atoms with Crippen LogP contribution in [0.1, 0.15) is 6.42 Å². The summed E-state index contributed by atoms with van der Waals surface area (Å²) >= 11 is 5.52. The first-order valence-corrected chi connectivity index (χ1v) is 3.24. The molecule has 1 rings (SSSR count). The van der Waals surface area contributed by atoms with E-state index in [1.54, 1.807) is 6.08 Å². The molecule has 0 saturated carbocycles. The standard InChI is InChI=1S/C5H8ClN3O/c6-4-2-1-3(5(7)10)8-9-4/h2-3,8-9H,1H2,(H2,7,10). The van der Waals surface area contributed by atoms with Crippen molar-refractivity contribution in [2.45, 2.75) is 12.5 Å². The predicted molar refractivity (Wildman–Crippen MR) is 37.8 cm³/mol. The Bertz CT molecular complexity index is 180. The second-order valence-electron chi connectivity index (χ2n) is 2.01. The Hall–Kier alpha value is -0.740. The molecule has 0 aromatic rings. The lowest BCUT2D eigenvalue weighted by molar-refractivity contribution is -0.120. The van der Waals surface area contributed by atoms with Crippen LogP contribution in [0.25, 0.3) is 0 Å². The van der Waals surface area contributed by atoms with E-state index in [0.717, 1.165) is 0 Å². The predicted octanol–water partition coefficient (Wildman–Crippen LogP) is -0.582. The number of hydrogen-bond donors (Lipinski definition) is 3. The summed E-state index contributed by atoms with van der Waals surface area (Å²) in [7, 11) is 0. The molecular weight excluding hydrogens is 154 g/mol. The monoisotopic (exact) mass is 161 g/mol. The fourth-order valence-corrected chi connectivity index (χ4v) is 0.818. The van der Waals surface area contributed by atoms with E-state index < -0.39 is 0 Å². The van der Waals surface area contributed by atoms with Crippen LogP contribution in [0.5, 0.6) is 0 Å². The molecule has 0 radical (unpaired) electrons. The van der Waals surface area contributed by atoms with Gasteiger partial charge in [-0.25, -0.2) is 5.43 Å². The molecular formula is C5H8ClN3O. The number of carbonyl (C=O) groups excluding carboxylic acids is 1. The van der Waals surface area contributed by atoms with E-state index in [1.165, 1.54) is 0 Å². The highest BCUT2D eigenvalue weighted by Crippen LogP contribution is 2.04. The minimum absolute atomic E-state index is 0.345. The van der Waals surface area contributed by atoms with Gasteiger partial charge >= 0.3 is 0 Å². The first-order valence-electron chi connectivity index (χ1n) is 2.86. The molecule has 0 aromatic heterocycles. The number of nitrogens with two attached hydrogens (primary N) is 1. The maximum Gasteiger partial charge on any atom is 0.236 e. The van der Waals surface area contributed by atoms with Crippen LogP contribution in [-0.4, -0.2) is 11.9 Å². The average molecular weight is 162 g/mol. The van der Waals surface area contributed by atoms with Crippen molar-refractivity contribution in [1.82, 2.24) is 10.9 Å². The highest BCUT2D eigenvalue weighted by atomic mass is 35.5. The van der Waals surface area contributed by atoms with Gasteiger partial charge in [0.1, 0.15) is 11.2 Å². The summed E-state index contributed by atoms with van der Waals surface area (Å²) in [5.74, 6) is -0.382. The zero-order chi connectivity index (χ0) is 7.56. The molecule has 1 heterocycles. The average Bonchev–Trinajstić information content (AvgIpc) is 1.88. The normalized spacial score (nSPS) is 24.9. The lowest BCUT2D eigenvalue weighted by atomic mass is 10.2. The van der Waals surface area contributed by atoms with Gasteiger partial charge in [0.05, 0.1) is 0 Å². The summed E-state index contributed by atoms with van der Waals surface area (Å²) in [6, 6.07) is -0.345. The zero-order valence-corrected chi connectivity index (χ0v) is 5.98. The fourth-order valence-electron chi connectivity index (χ4n) is 0.675. The van der Waals surface area contributed by atoms with Gasteiger partial charge in [0.2, 0.25) is 5.91 Å². The van der Waals surface area contributed by atoms with Crippen molar-refractivity contribution in [1.29, 1.82) is 0 Å². The highest BCUT2D eigenvalue weighted by molar-refractivity contribution is 6.29. The molecule has 1 atom stereocenters. The molecule has 10 heavy (non-hydrogen) atoms. The maximum atomic E-state index is 10.5. The van der Waals surface area contributed by atoms with E-state index in [1.807, 2.05) is 0 Å². The molecule has 4 nitrogen and oxygen atoms in total. The third-order valence-electron chi connectivity index (χ3n) is 1.24. The molecule has 1 aliphatic heterocycles. The van der Waals surface area contributed by atoms with E-state index in [2.05, 4.69) is 10.9 Å². The molecule has 0 bridgehead atoms. The van der Waals surface area contributed by atoms with Crippen LogP contribution in [0.3, 0.4) is 0 Å². The third-order valence-corrected chi connectivity index (χ3v) is 1.49. The molecule has 0 fully saturated rings. The second kappa shape index (κ2) is 2.90. The lowest BCUT2D eigenvalue weighted by Crippen LogP contribution is -2.49. The van der Waals surface area contributed by atoms with Gasteiger partial charge in [-0.05, 0) is 12.5 Å². The number of hydrogen-bond acceptors (Lipinski definition) is 3. The summed E-state index contributed by atoms with van der Waals surface area (Å²) in [5, 5.41) is 0.498. The van der Waals surface area contributed by atoms with Crippen LogP contribution in [0.2, 0.25) is 0 Å². The van der Waals surface area contributed by atoms with E-state index in [4.69, 9.17) is 17.3 Å². The number of carbonyl (C=O) groups is 1. The lowest BCUT2D eigenvalue weighted by Gasteiger charge is -2.19. The van der Waals surface area contributed by atoms with Crippen molar-refractivity contribution in [3.8, 4) is 0 Å². The van der Waals surface area contributed by atoms with Crippen LogP contribution < -0.4 is 16.6 Å². The zero-order valence-electron chi connectivity index (χ0n) is 5.23. The number of nitrogens with one attached hydrogen (secondary N) is 2. The van der Waals surface area contributed by atoms with E-state index in [9.17, 15) is 4.79 Å². The molecule has 5 heteroatoms. The molecule has 0 saturated heterocycles. The molecule has 1 aliphatic rings. The highest BCUT2D eigenvalue weighted by Gasteiger charge is 2.16. The van der Waals surface area contributed by atoms with Gasteiger partial charge in [-0.3, -0.25) is 4.79 Å². The van der Waals surface area contributed by atoms with Crippen molar-refractivity contribution in [3.05, 3.63) is 11.2 Å². The molecule has 4 N–H and O–H groups in total. The summed E-state index contributed by atoms with van der Waals surface area (Å²) < 4.78 is 0. The summed E-state index contributed by atoms with van der Waals surface area (Å²) in [4.78, 5) is 10.5. The number of hydrazine groups is 1. The number of primary amides is 1. The molecule has 1 unspecified atom stereocenters. The molecule has 0 spiro atoms. The molecule has 56 valence electrons. The Labute approximate surface area is 63.4 Å². The Morgan fingerprint density at radius 2 is 2.60 bits per heavy atom. The third kappa shape index (κ3) is 1.62. The van der Waals surface area contributed by atoms with Gasteiger partial charge in [-0.1, -0.05) is 11.6 Å². The van der Waals surface area contributed by atoms with Gasteiger partial charge in [-0.15, -0.1) is 0 Å². The van der Waals surface area contributed by atoms with Crippen molar-refractivity contribution >= 4 is 17.5 Å². The van der Waals surface area contributed by atoms with Crippen molar-refractivity contribution in [2.75, 3.05) is 0 Å². The van der Waals surface area contributed by atoms with E-state index in [0.29, 0.717) is 11.6 Å². The summed E-state index contributed by atoms with van der Waals surface area (Å²) in [5.41, 5.74) is 10.2. The summed E-state index contributed by atoms with van der Waals surface area (Å²) in [6.45, 7) is 0. The van der Waals surface area contributed by atoms with E-state index in [-0.39, 0.29) is 11.9 Å². The first kappa shape index (κ1) is 7.37. The number of amides is 1. The molecule has 1 amide bonds. The van der Waals surface area contributed by atoms with Crippen molar-refractivity contribution in [3.63, 3.8) is 0 Å². The van der Waals surface area contributed by atoms with Crippen LogP contribution in [0.15, 0.2) is 11.2 Å². The van der Waals surface area contributed by atoms with Gasteiger partial charge < -0.3 is 11.2 Å². The van der Waals surface area contributed by atoms with Gasteiger partial charge in [0, 0.05) is 0 Å². The quantitative estimate of drug-likeness (QED) is 0.451. The fraction of sp³-hybridized carbons (Fsp3) is 0.400. The Kier molecular flexibility index (Phi) is 2.13. The SMILES string of the molecule is NC(=O)C1CC=C(Cl)NN1. The maximum absolute atomic E-state index is 10.5. The topological polar surface area (TPSA) is 67.2 Å². The molecule has 0 aromatic carbocycles. The summed E-state index contributed by atoms with van der Waals surface area (Å²) in [6.07, 6.45) is 2.24. The number of halogens is 1. The smallest absolute Gasteiger partial charge is 0.236 e. The van der Waals surface area contributed by atoms with Gasteiger partial charge in [0.15, 0.2) is 0 Å². The van der Waals surface area contributed by atoms with Gasteiger partial charge in [0.25, 0.3) is 0 Å². The minimum atomic E-state index is -0.382. The van der Waals surface area contributed by atoms with Crippen LogP contribution >= 0.6 is 11.6 Å². The van der Waals surface area contributed by atoms with Crippen LogP contribution in [-0.2, 0) is 4.79 Å². The van der Waals surface area contributed by atoms with Crippen molar-refractivity contribution < 1.29 is 4.79 Å². The first-order chi connectivity index (χ1) is 4.70. The van der Waals surface area contributed by atoms with Crippen molar-refractivity contribution in [2.24, 2.45) is 5.73 Å². The largest absolute Gasteiger partial charge is 0.368 e. The Morgan fingerprint density at radius 1 is 1.90 bits per heavy atom. The van der Waals surface area contributed by atoms with E-state index >= 15 is 0 Å². The minimum Gasteiger partial charge on any atom is -0.368 e. The Morgan fingerprint density at radius 3 is 3.00 bits per heavy atom. The van der Waals surface area contributed by atoms with Gasteiger partial charge in [-0.2, -0.15) is 0 Å².